The van der Waals surface area contributed by atoms with Gasteiger partial charge in [0, 0.05) is 9.26 Å². The van der Waals surface area contributed by atoms with Crippen LogP contribution >= 0.6 is 33.9 Å². The van der Waals surface area contributed by atoms with Gasteiger partial charge in [0.2, 0.25) is 0 Å². The smallest absolute Gasteiger partial charge is 0.279 e. The molecule has 0 saturated heterocycles. The first-order valence-corrected chi connectivity index (χ1v) is 8.40. The van der Waals surface area contributed by atoms with Gasteiger partial charge in [0.1, 0.15) is 6.54 Å². The lowest BCUT2D eigenvalue weighted by molar-refractivity contribution is -0.884. The summed E-state index contributed by atoms with van der Waals surface area (Å²) in [6.07, 6.45) is 0. The molecule has 3 nitrogen and oxygen atoms in total. The summed E-state index contributed by atoms with van der Waals surface area (Å²) in [5.74, 6) is 0.0544. The number of carbonyl (C=O) groups excluding carboxylic acids is 1. The highest BCUT2D eigenvalue weighted by atomic mass is 127. The Morgan fingerprint density at radius 1 is 1.40 bits per heavy atom. The molecule has 1 heterocycles. The van der Waals surface area contributed by atoms with Gasteiger partial charge >= 0.3 is 0 Å². The maximum Gasteiger partial charge on any atom is 0.279 e. The van der Waals surface area contributed by atoms with E-state index in [-0.39, 0.29) is 5.91 Å². The van der Waals surface area contributed by atoms with Crippen LogP contribution in [0.25, 0.3) is 0 Å². The molecule has 0 fully saturated rings. The molecule has 2 aromatic rings. The molecule has 1 aromatic carbocycles. The predicted octanol–water partition coefficient (Wildman–Crippen LogP) is 2.31. The van der Waals surface area contributed by atoms with Crippen molar-refractivity contribution in [1.29, 1.82) is 0 Å². The summed E-state index contributed by atoms with van der Waals surface area (Å²) < 4.78 is 1.12. The molecule has 0 aliphatic carbocycles. The van der Waals surface area contributed by atoms with Crippen molar-refractivity contribution in [3.05, 3.63) is 49.7 Å². The minimum Gasteiger partial charge on any atom is -0.325 e. The van der Waals surface area contributed by atoms with E-state index in [1.807, 2.05) is 31.3 Å². The molecule has 1 unspecified atom stereocenters. The molecule has 0 aliphatic heterocycles. The van der Waals surface area contributed by atoms with Crippen LogP contribution in [-0.2, 0) is 11.3 Å². The van der Waals surface area contributed by atoms with Gasteiger partial charge in [-0.05, 0) is 64.7 Å². The first-order valence-electron chi connectivity index (χ1n) is 6.44. The molecule has 2 N–H and O–H groups in total. The van der Waals surface area contributed by atoms with Gasteiger partial charge in [0.05, 0.1) is 11.9 Å². The molecule has 1 atom stereocenters. The number of carbonyl (C=O) groups is 1. The topological polar surface area (TPSA) is 33.5 Å². The van der Waals surface area contributed by atoms with Gasteiger partial charge < -0.3 is 10.2 Å². The number of anilines is 1. The van der Waals surface area contributed by atoms with Crippen molar-refractivity contribution < 1.29 is 9.69 Å². The molecule has 5 heteroatoms. The number of hydrogen-bond donors (Lipinski definition) is 2. The van der Waals surface area contributed by atoms with E-state index in [1.165, 1.54) is 15.3 Å². The molecule has 106 valence electrons. The Bertz CT molecular complexity index is 597. The number of quaternary nitrogens is 1. The van der Waals surface area contributed by atoms with Crippen LogP contribution in [-0.4, -0.2) is 19.5 Å². The summed E-state index contributed by atoms with van der Waals surface area (Å²) in [6, 6.07) is 9.96. The fourth-order valence-corrected chi connectivity index (χ4v) is 3.53. The van der Waals surface area contributed by atoms with E-state index in [1.54, 1.807) is 11.3 Å². The van der Waals surface area contributed by atoms with Gasteiger partial charge in [-0.2, -0.15) is 0 Å². The van der Waals surface area contributed by atoms with E-state index in [9.17, 15) is 4.79 Å². The zero-order valence-electron chi connectivity index (χ0n) is 11.6. The monoisotopic (exact) mass is 401 g/mol. The Labute approximate surface area is 137 Å². The number of likely N-dealkylation sites (N-methyl/N-ethyl adjacent to an activating group) is 1. The maximum atomic E-state index is 12.0. The zero-order chi connectivity index (χ0) is 14.5. The fourth-order valence-electron chi connectivity index (χ4n) is 1.97. The summed E-state index contributed by atoms with van der Waals surface area (Å²) in [6.45, 7) is 3.48. The first-order chi connectivity index (χ1) is 9.54. The highest BCUT2D eigenvalue weighted by Crippen LogP contribution is 2.14. The second kappa shape index (κ2) is 7.19. The minimum absolute atomic E-state index is 0.0544. The average molecular weight is 401 g/mol. The lowest BCUT2D eigenvalue weighted by Gasteiger charge is -2.13. The first kappa shape index (κ1) is 15.5. The van der Waals surface area contributed by atoms with E-state index in [0.29, 0.717) is 6.54 Å². The molecule has 1 amide bonds. The van der Waals surface area contributed by atoms with Crippen LogP contribution in [0.4, 0.5) is 5.69 Å². The van der Waals surface area contributed by atoms with Crippen LogP contribution in [0.2, 0.25) is 0 Å². The largest absolute Gasteiger partial charge is 0.325 e. The number of aryl methyl sites for hydroxylation is 1. The Balaban J connectivity index is 1.86. The Morgan fingerprint density at radius 2 is 2.20 bits per heavy atom. The normalized spacial score (nSPS) is 12.2. The van der Waals surface area contributed by atoms with Crippen LogP contribution in [0.1, 0.15) is 10.4 Å². The van der Waals surface area contributed by atoms with Crippen molar-refractivity contribution >= 4 is 45.5 Å². The van der Waals surface area contributed by atoms with Crippen LogP contribution < -0.4 is 10.2 Å². The van der Waals surface area contributed by atoms with E-state index < -0.39 is 0 Å². The molecular formula is C15H18IN2OS+. The lowest BCUT2D eigenvalue weighted by atomic mass is 10.3. The summed E-state index contributed by atoms with van der Waals surface area (Å²) >= 11 is 4.00. The van der Waals surface area contributed by atoms with Crippen LogP contribution in [0, 0.1) is 10.5 Å². The van der Waals surface area contributed by atoms with Crippen LogP contribution in [0.15, 0.2) is 35.7 Å². The Hall–Kier alpha value is -0.920. The molecule has 0 bridgehead atoms. The van der Waals surface area contributed by atoms with Gasteiger partial charge in [0.25, 0.3) is 5.91 Å². The second-order valence-electron chi connectivity index (χ2n) is 4.90. The molecule has 1 aromatic heterocycles. The van der Waals surface area contributed by atoms with E-state index in [4.69, 9.17) is 0 Å². The summed E-state index contributed by atoms with van der Waals surface area (Å²) in [5, 5.41) is 5.05. The molecule has 0 spiro atoms. The van der Waals surface area contributed by atoms with Gasteiger partial charge in [-0.15, -0.1) is 11.3 Å². The second-order valence-corrected chi connectivity index (χ2v) is 7.14. The maximum absolute atomic E-state index is 12.0. The molecule has 20 heavy (non-hydrogen) atoms. The molecule has 0 aliphatic rings. The third-order valence-electron chi connectivity index (χ3n) is 3.00. The zero-order valence-corrected chi connectivity index (χ0v) is 14.5. The van der Waals surface area contributed by atoms with Crippen molar-refractivity contribution in [1.82, 2.24) is 0 Å². The molecule has 0 saturated carbocycles. The number of amides is 1. The van der Waals surface area contributed by atoms with Crippen molar-refractivity contribution in [3.8, 4) is 0 Å². The SMILES string of the molecule is Cc1ccsc1C[NH+](C)CC(=O)Nc1cccc(I)c1. The molecule has 2 rings (SSSR count). The third-order valence-corrected chi connectivity index (χ3v) is 4.70. The van der Waals surface area contributed by atoms with Crippen molar-refractivity contribution in [2.75, 3.05) is 18.9 Å². The van der Waals surface area contributed by atoms with Crippen LogP contribution in [0.3, 0.4) is 0 Å². The van der Waals surface area contributed by atoms with Gasteiger partial charge in [-0.1, -0.05) is 6.07 Å². The predicted molar refractivity (Wildman–Crippen MR) is 92.3 cm³/mol. The van der Waals surface area contributed by atoms with Crippen LogP contribution in [0.5, 0.6) is 0 Å². The van der Waals surface area contributed by atoms with Crippen molar-refractivity contribution in [2.24, 2.45) is 0 Å². The number of benzene rings is 1. The average Bonchev–Trinajstić information content (AvgIpc) is 2.74. The quantitative estimate of drug-likeness (QED) is 0.741. The van der Waals surface area contributed by atoms with Crippen molar-refractivity contribution in [3.63, 3.8) is 0 Å². The Morgan fingerprint density at radius 3 is 2.85 bits per heavy atom. The van der Waals surface area contributed by atoms with E-state index in [0.717, 1.165) is 15.8 Å². The minimum atomic E-state index is 0.0544. The Kier molecular flexibility index (Phi) is 5.56. The summed E-state index contributed by atoms with van der Waals surface area (Å²) in [7, 11) is 2.05. The van der Waals surface area contributed by atoms with Crippen molar-refractivity contribution in [2.45, 2.75) is 13.5 Å². The summed E-state index contributed by atoms with van der Waals surface area (Å²) in [4.78, 5) is 14.6. The molecule has 0 radical (unpaired) electrons. The van der Waals surface area contributed by atoms with E-state index in [2.05, 4.69) is 46.3 Å². The lowest BCUT2D eigenvalue weighted by Crippen LogP contribution is -3.08. The number of hydrogen-bond acceptors (Lipinski definition) is 2. The van der Waals surface area contributed by atoms with E-state index >= 15 is 0 Å². The number of rotatable bonds is 5. The van der Waals surface area contributed by atoms with Gasteiger partial charge in [-0.3, -0.25) is 4.79 Å². The van der Waals surface area contributed by atoms with Gasteiger partial charge in [-0.25, -0.2) is 0 Å². The fraction of sp³-hybridized carbons (Fsp3) is 0.267. The third kappa shape index (κ3) is 4.57. The number of thiophene rings is 1. The molecular weight excluding hydrogens is 383 g/mol. The number of halogens is 1. The highest BCUT2D eigenvalue weighted by Gasteiger charge is 2.12. The highest BCUT2D eigenvalue weighted by molar-refractivity contribution is 14.1. The standard InChI is InChI=1S/C15H17IN2OS/c1-11-6-7-20-14(11)9-18(2)10-15(19)17-13-5-3-4-12(16)8-13/h3-8H,9-10H2,1-2H3,(H,17,19)/p+1. The number of nitrogens with one attached hydrogen (secondary N) is 2. The van der Waals surface area contributed by atoms with Gasteiger partial charge in [0.15, 0.2) is 6.54 Å². The summed E-state index contributed by atoms with van der Waals surface area (Å²) in [5.41, 5.74) is 2.18.